The molecule has 1 aromatic carbocycles. The second-order valence-electron chi connectivity index (χ2n) is 8.90. The van der Waals surface area contributed by atoms with Crippen LogP contribution in [-0.4, -0.2) is 52.8 Å². The fourth-order valence-electron chi connectivity index (χ4n) is 4.59. The van der Waals surface area contributed by atoms with Crippen LogP contribution in [0.1, 0.15) is 58.4 Å². The van der Waals surface area contributed by atoms with Crippen molar-refractivity contribution in [3.63, 3.8) is 0 Å². The molecule has 1 atom stereocenters. The monoisotopic (exact) mass is 455 g/mol. The second kappa shape index (κ2) is 10.8. The maximum atomic E-state index is 13.3. The van der Waals surface area contributed by atoms with E-state index in [9.17, 15) is 9.59 Å². The third-order valence-corrected chi connectivity index (χ3v) is 6.65. The lowest BCUT2D eigenvalue weighted by Crippen LogP contribution is -2.73. The van der Waals surface area contributed by atoms with Crippen LogP contribution >= 0.6 is 24.0 Å². The van der Waals surface area contributed by atoms with Crippen molar-refractivity contribution >= 4 is 35.8 Å². The van der Waals surface area contributed by atoms with Crippen LogP contribution in [0.4, 0.5) is 0 Å². The lowest BCUT2D eigenvalue weighted by molar-refractivity contribution is -0.161. The fraction of sp³-hybridized carbons (Fsp3) is 0.652. The van der Waals surface area contributed by atoms with Crippen LogP contribution in [0.3, 0.4) is 0 Å². The molecule has 3 rings (SSSR count). The topological polar surface area (TPSA) is 52.7 Å². The number of piperazine rings is 1. The third-order valence-electron chi connectivity index (χ3n) is 6.29. The Balaban J connectivity index is 0.00000320. The van der Waals surface area contributed by atoms with Crippen molar-refractivity contribution < 1.29 is 9.59 Å². The summed E-state index contributed by atoms with van der Waals surface area (Å²) >= 11 is 6.32. The van der Waals surface area contributed by atoms with Crippen LogP contribution in [0.25, 0.3) is 0 Å². The first-order chi connectivity index (χ1) is 13.9. The van der Waals surface area contributed by atoms with Gasteiger partial charge in [-0.05, 0) is 43.2 Å². The van der Waals surface area contributed by atoms with Gasteiger partial charge in [0, 0.05) is 31.2 Å². The molecule has 1 aromatic rings. The summed E-state index contributed by atoms with van der Waals surface area (Å²) < 4.78 is 0. The average Bonchev–Trinajstić information content (AvgIpc) is 2.69. The summed E-state index contributed by atoms with van der Waals surface area (Å²) in [5.74, 6) is 0.506. The molecule has 1 spiro atoms. The normalized spacial score (nSPS) is 21.6. The van der Waals surface area contributed by atoms with Crippen LogP contribution in [0, 0.1) is 5.92 Å². The number of carbonyl (C=O) groups excluding carboxylic acids is 2. The molecule has 168 valence electrons. The number of rotatable bonds is 7. The van der Waals surface area contributed by atoms with Crippen molar-refractivity contribution in [1.29, 1.82) is 0 Å². The molecular formula is C23H35Cl2N3O2. The highest BCUT2D eigenvalue weighted by Gasteiger charge is 2.53. The molecule has 2 aliphatic rings. The van der Waals surface area contributed by atoms with Gasteiger partial charge in [0.15, 0.2) is 0 Å². The Morgan fingerprint density at radius 1 is 1.20 bits per heavy atom. The van der Waals surface area contributed by atoms with E-state index in [1.165, 1.54) is 0 Å². The number of unbranched alkanes of at least 4 members (excludes halogenated alkanes) is 1. The van der Waals surface area contributed by atoms with Gasteiger partial charge in [0.2, 0.25) is 11.8 Å². The van der Waals surface area contributed by atoms with Gasteiger partial charge in [-0.2, -0.15) is 0 Å². The van der Waals surface area contributed by atoms with Gasteiger partial charge in [-0.1, -0.05) is 57.0 Å². The van der Waals surface area contributed by atoms with Gasteiger partial charge < -0.3 is 10.2 Å². The van der Waals surface area contributed by atoms with Crippen molar-refractivity contribution in [3.8, 4) is 0 Å². The van der Waals surface area contributed by atoms with Gasteiger partial charge in [0.05, 0.1) is 0 Å². The smallest absolute Gasteiger partial charge is 0.246 e. The van der Waals surface area contributed by atoms with E-state index in [1.54, 1.807) is 0 Å². The van der Waals surface area contributed by atoms with E-state index >= 15 is 0 Å². The maximum absolute atomic E-state index is 13.3. The molecule has 2 aliphatic heterocycles. The van der Waals surface area contributed by atoms with Crippen molar-refractivity contribution in [2.24, 2.45) is 5.92 Å². The molecule has 2 heterocycles. The van der Waals surface area contributed by atoms with Crippen molar-refractivity contribution in [2.75, 3.05) is 19.6 Å². The highest BCUT2D eigenvalue weighted by Crippen LogP contribution is 2.35. The van der Waals surface area contributed by atoms with E-state index in [2.05, 4.69) is 31.0 Å². The first kappa shape index (κ1) is 25.0. The number of piperidine rings is 1. The van der Waals surface area contributed by atoms with Gasteiger partial charge in [0.25, 0.3) is 0 Å². The molecule has 2 fully saturated rings. The zero-order valence-corrected chi connectivity index (χ0v) is 19.9. The second-order valence-corrected chi connectivity index (χ2v) is 9.31. The number of nitrogens with one attached hydrogen (secondary N) is 1. The summed E-state index contributed by atoms with van der Waals surface area (Å²) in [6.45, 7) is 9.31. The van der Waals surface area contributed by atoms with Gasteiger partial charge >= 0.3 is 0 Å². The minimum absolute atomic E-state index is 0. The number of nitrogens with zero attached hydrogens (tertiary/aromatic N) is 2. The Morgan fingerprint density at radius 2 is 1.87 bits per heavy atom. The molecule has 0 radical (unpaired) electrons. The zero-order chi connectivity index (χ0) is 21.0. The van der Waals surface area contributed by atoms with Crippen molar-refractivity contribution in [1.82, 2.24) is 15.1 Å². The van der Waals surface area contributed by atoms with Crippen molar-refractivity contribution in [3.05, 3.63) is 34.9 Å². The number of hydrogen-bond acceptors (Lipinski definition) is 3. The standard InChI is InChI=1S/C23H34ClN3O2.ClH/c1-4-5-12-27-21(28)20(15-17(2)3)25-22(29)23(27)10-13-26(14-11-23)16-18-8-6-7-9-19(18)24;/h6-9,17,20H,4-5,10-16H2,1-3H3,(H,25,29);1H/t20-;/m0./s1. The molecule has 1 N–H and O–H groups in total. The van der Waals surface area contributed by atoms with Crippen LogP contribution in [0.15, 0.2) is 24.3 Å². The van der Waals surface area contributed by atoms with Crippen LogP contribution in [0.5, 0.6) is 0 Å². The molecule has 0 aliphatic carbocycles. The molecule has 2 saturated heterocycles. The number of halogens is 2. The third kappa shape index (κ3) is 5.30. The summed E-state index contributed by atoms with van der Waals surface area (Å²) in [6, 6.07) is 7.52. The lowest BCUT2D eigenvalue weighted by atomic mass is 9.80. The largest absolute Gasteiger partial charge is 0.342 e. The van der Waals surface area contributed by atoms with E-state index in [1.807, 2.05) is 29.2 Å². The quantitative estimate of drug-likeness (QED) is 0.667. The van der Waals surface area contributed by atoms with E-state index in [0.29, 0.717) is 31.7 Å². The summed E-state index contributed by atoms with van der Waals surface area (Å²) in [6.07, 6.45) is 3.98. The highest BCUT2D eigenvalue weighted by atomic mass is 35.5. The zero-order valence-electron chi connectivity index (χ0n) is 18.3. The first-order valence-electron chi connectivity index (χ1n) is 11.0. The summed E-state index contributed by atoms with van der Waals surface area (Å²) in [5, 5.41) is 3.85. The SMILES string of the molecule is CCCCN1C(=O)[C@H](CC(C)C)NC(=O)C12CCN(Cc1ccccc1Cl)CC2.Cl. The van der Waals surface area contributed by atoms with E-state index in [4.69, 9.17) is 11.6 Å². The number of likely N-dealkylation sites (tertiary alicyclic amines) is 1. The van der Waals surface area contributed by atoms with Gasteiger partial charge in [0.1, 0.15) is 11.6 Å². The molecule has 0 bridgehead atoms. The molecule has 0 unspecified atom stereocenters. The minimum Gasteiger partial charge on any atom is -0.342 e. The predicted octanol–water partition coefficient (Wildman–Crippen LogP) is 4.27. The van der Waals surface area contributed by atoms with Crippen LogP contribution in [-0.2, 0) is 16.1 Å². The summed E-state index contributed by atoms with van der Waals surface area (Å²) in [4.78, 5) is 30.8. The number of carbonyl (C=O) groups is 2. The van der Waals surface area contributed by atoms with E-state index < -0.39 is 5.54 Å². The van der Waals surface area contributed by atoms with E-state index in [-0.39, 0.29) is 30.3 Å². The summed E-state index contributed by atoms with van der Waals surface area (Å²) in [7, 11) is 0. The lowest BCUT2D eigenvalue weighted by Gasteiger charge is -2.52. The Morgan fingerprint density at radius 3 is 2.47 bits per heavy atom. The van der Waals surface area contributed by atoms with Crippen molar-refractivity contribution in [2.45, 2.75) is 71.0 Å². The maximum Gasteiger partial charge on any atom is 0.246 e. The Kier molecular flexibility index (Phi) is 9.01. The predicted molar refractivity (Wildman–Crippen MR) is 124 cm³/mol. The number of hydrogen-bond donors (Lipinski definition) is 1. The highest BCUT2D eigenvalue weighted by molar-refractivity contribution is 6.31. The summed E-state index contributed by atoms with van der Waals surface area (Å²) in [5.41, 5.74) is 0.408. The first-order valence-corrected chi connectivity index (χ1v) is 11.3. The number of benzene rings is 1. The average molecular weight is 456 g/mol. The molecule has 5 nitrogen and oxygen atoms in total. The fourth-order valence-corrected chi connectivity index (χ4v) is 4.79. The van der Waals surface area contributed by atoms with Gasteiger partial charge in [-0.25, -0.2) is 0 Å². The number of amides is 2. The Hall–Kier alpha value is -1.30. The molecule has 30 heavy (non-hydrogen) atoms. The molecule has 0 aromatic heterocycles. The molecular weight excluding hydrogens is 421 g/mol. The Labute approximate surface area is 191 Å². The van der Waals surface area contributed by atoms with Crippen LogP contribution < -0.4 is 5.32 Å². The van der Waals surface area contributed by atoms with Gasteiger partial charge in [-0.15, -0.1) is 12.4 Å². The van der Waals surface area contributed by atoms with Crippen LogP contribution in [0.2, 0.25) is 5.02 Å². The van der Waals surface area contributed by atoms with E-state index in [0.717, 1.165) is 43.1 Å². The van der Waals surface area contributed by atoms with Gasteiger partial charge in [-0.3, -0.25) is 14.5 Å². The molecule has 0 saturated carbocycles. The Bertz CT molecular complexity index is 733. The minimum atomic E-state index is -0.698. The molecule has 2 amide bonds. The molecule has 7 heteroatoms.